The Morgan fingerprint density at radius 1 is 1.00 bits per heavy atom. The minimum atomic E-state index is -0.716. The molecule has 0 aliphatic rings. The molecule has 2 aromatic rings. The first-order valence-electron chi connectivity index (χ1n) is 6.23. The lowest BCUT2D eigenvalue weighted by Gasteiger charge is -2.16. The van der Waals surface area contributed by atoms with Crippen molar-refractivity contribution in [3.63, 3.8) is 0 Å². The van der Waals surface area contributed by atoms with Crippen molar-refractivity contribution in [3.8, 4) is 11.5 Å². The molecule has 0 saturated heterocycles. The Hall–Kier alpha value is -1.65. The molecule has 1 unspecified atom stereocenters. The van der Waals surface area contributed by atoms with Gasteiger partial charge in [0.2, 0.25) is 0 Å². The molecule has 20 heavy (non-hydrogen) atoms. The number of benzene rings is 2. The van der Waals surface area contributed by atoms with Crippen LogP contribution in [0, 0.1) is 0 Å². The monoisotopic (exact) mass is 290 g/mol. The summed E-state index contributed by atoms with van der Waals surface area (Å²) in [4.78, 5) is 1.17. The van der Waals surface area contributed by atoms with E-state index in [2.05, 4.69) is 0 Å². The van der Waals surface area contributed by atoms with Crippen LogP contribution in [-0.2, 0) is 0 Å². The van der Waals surface area contributed by atoms with Gasteiger partial charge in [0.05, 0.1) is 14.2 Å². The van der Waals surface area contributed by atoms with Gasteiger partial charge in [0.15, 0.2) is 0 Å². The number of aliphatic hydroxyl groups excluding tert-OH is 1. The molecule has 2 rings (SSSR count). The number of thioether (sulfide) groups is 1. The summed E-state index contributed by atoms with van der Waals surface area (Å²) in [5.41, 5.74) is 1.57. The molecule has 3 nitrogen and oxygen atoms in total. The third kappa shape index (κ3) is 3.08. The number of hydrogen-bond acceptors (Lipinski definition) is 4. The highest BCUT2D eigenvalue weighted by molar-refractivity contribution is 7.98. The number of aliphatic hydroxyl groups is 1. The molecule has 0 aliphatic heterocycles. The van der Waals surface area contributed by atoms with Gasteiger partial charge >= 0.3 is 0 Å². The van der Waals surface area contributed by atoms with Crippen LogP contribution in [0.4, 0.5) is 0 Å². The van der Waals surface area contributed by atoms with Crippen LogP contribution < -0.4 is 9.47 Å². The normalized spacial score (nSPS) is 12.0. The van der Waals surface area contributed by atoms with Crippen LogP contribution in [0.1, 0.15) is 17.2 Å². The fourth-order valence-electron chi connectivity index (χ4n) is 2.01. The van der Waals surface area contributed by atoms with E-state index in [9.17, 15) is 5.11 Å². The number of rotatable bonds is 5. The molecule has 1 N–H and O–H groups in total. The van der Waals surface area contributed by atoms with Crippen molar-refractivity contribution < 1.29 is 14.6 Å². The molecule has 0 fully saturated rings. The van der Waals surface area contributed by atoms with Crippen molar-refractivity contribution in [2.24, 2.45) is 0 Å². The van der Waals surface area contributed by atoms with E-state index in [-0.39, 0.29) is 0 Å². The third-order valence-electron chi connectivity index (χ3n) is 3.17. The van der Waals surface area contributed by atoms with E-state index in [4.69, 9.17) is 9.47 Å². The fourth-order valence-corrected chi connectivity index (χ4v) is 2.42. The van der Waals surface area contributed by atoms with Crippen LogP contribution in [0.2, 0.25) is 0 Å². The van der Waals surface area contributed by atoms with Gasteiger partial charge in [0.25, 0.3) is 0 Å². The molecule has 0 saturated carbocycles. The molecule has 0 heterocycles. The van der Waals surface area contributed by atoms with E-state index >= 15 is 0 Å². The Kier molecular flexibility index (Phi) is 4.93. The fraction of sp³-hybridized carbons (Fsp3) is 0.250. The van der Waals surface area contributed by atoms with Gasteiger partial charge in [-0.05, 0) is 36.1 Å². The van der Waals surface area contributed by atoms with E-state index in [0.29, 0.717) is 11.5 Å². The Morgan fingerprint density at radius 3 is 2.25 bits per heavy atom. The van der Waals surface area contributed by atoms with Gasteiger partial charge in [0.1, 0.15) is 17.6 Å². The number of hydrogen-bond donors (Lipinski definition) is 1. The van der Waals surface area contributed by atoms with E-state index in [0.717, 1.165) is 11.1 Å². The molecule has 0 radical (unpaired) electrons. The summed E-state index contributed by atoms with van der Waals surface area (Å²) < 4.78 is 10.5. The third-order valence-corrected chi connectivity index (χ3v) is 3.91. The highest BCUT2D eigenvalue weighted by Crippen LogP contribution is 2.33. The Balaban J connectivity index is 2.33. The quantitative estimate of drug-likeness (QED) is 0.855. The molecule has 4 heteroatoms. The Bertz CT molecular complexity index is 566. The standard InChI is InChI=1S/C16H18O3S/c1-18-12-6-9-14(15(10-12)19-2)16(17)11-4-7-13(20-3)8-5-11/h4-10,16-17H,1-3H3. The summed E-state index contributed by atoms with van der Waals surface area (Å²) in [6.45, 7) is 0. The van der Waals surface area contributed by atoms with Crippen LogP contribution in [0.25, 0.3) is 0 Å². The van der Waals surface area contributed by atoms with Crippen molar-refractivity contribution >= 4 is 11.8 Å². The average Bonchev–Trinajstić information content (AvgIpc) is 2.53. The molecule has 2 aromatic carbocycles. The lowest BCUT2D eigenvalue weighted by atomic mass is 10.0. The van der Waals surface area contributed by atoms with Crippen LogP contribution in [0.3, 0.4) is 0 Å². The van der Waals surface area contributed by atoms with Crippen molar-refractivity contribution in [2.75, 3.05) is 20.5 Å². The summed E-state index contributed by atoms with van der Waals surface area (Å²) in [6.07, 6.45) is 1.31. The maximum atomic E-state index is 10.5. The smallest absolute Gasteiger partial charge is 0.128 e. The van der Waals surface area contributed by atoms with Gasteiger partial charge in [-0.25, -0.2) is 0 Å². The van der Waals surface area contributed by atoms with E-state index in [1.165, 1.54) is 4.90 Å². The molecule has 0 aliphatic carbocycles. The molecular formula is C16H18O3S. The molecule has 0 bridgehead atoms. The van der Waals surface area contributed by atoms with Crippen LogP contribution in [0.15, 0.2) is 47.4 Å². The zero-order chi connectivity index (χ0) is 14.5. The lowest BCUT2D eigenvalue weighted by molar-refractivity contribution is 0.214. The zero-order valence-electron chi connectivity index (χ0n) is 11.8. The second-order valence-corrected chi connectivity index (χ2v) is 5.16. The molecule has 0 aromatic heterocycles. The second kappa shape index (κ2) is 6.68. The highest BCUT2D eigenvalue weighted by Gasteiger charge is 2.16. The van der Waals surface area contributed by atoms with Crippen LogP contribution in [-0.4, -0.2) is 25.6 Å². The summed E-state index contributed by atoms with van der Waals surface area (Å²) >= 11 is 1.67. The summed E-state index contributed by atoms with van der Waals surface area (Å²) in [6, 6.07) is 13.3. The van der Waals surface area contributed by atoms with Crippen molar-refractivity contribution in [3.05, 3.63) is 53.6 Å². The summed E-state index contributed by atoms with van der Waals surface area (Å²) in [5.74, 6) is 1.32. The second-order valence-electron chi connectivity index (χ2n) is 4.28. The number of methoxy groups -OCH3 is 2. The van der Waals surface area contributed by atoms with Gasteiger partial charge < -0.3 is 14.6 Å². The Morgan fingerprint density at radius 2 is 1.70 bits per heavy atom. The molecule has 106 valence electrons. The first-order chi connectivity index (χ1) is 9.69. The number of ether oxygens (including phenoxy) is 2. The minimum Gasteiger partial charge on any atom is -0.497 e. The predicted molar refractivity (Wildman–Crippen MR) is 81.8 cm³/mol. The van der Waals surface area contributed by atoms with Gasteiger partial charge in [-0.3, -0.25) is 0 Å². The maximum Gasteiger partial charge on any atom is 0.128 e. The van der Waals surface area contributed by atoms with Gasteiger partial charge in [-0.15, -0.1) is 11.8 Å². The zero-order valence-corrected chi connectivity index (χ0v) is 12.6. The topological polar surface area (TPSA) is 38.7 Å². The van der Waals surface area contributed by atoms with E-state index in [1.807, 2.05) is 42.7 Å². The van der Waals surface area contributed by atoms with Crippen molar-refractivity contribution in [1.82, 2.24) is 0 Å². The van der Waals surface area contributed by atoms with E-state index < -0.39 is 6.10 Å². The maximum absolute atomic E-state index is 10.5. The summed E-state index contributed by atoms with van der Waals surface area (Å²) in [5, 5.41) is 10.5. The van der Waals surface area contributed by atoms with Crippen molar-refractivity contribution in [1.29, 1.82) is 0 Å². The highest BCUT2D eigenvalue weighted by atomic mass is 32.2. The van der Waals surface area contributed by atoms with Gasteiger partial charge in [0, 0.05) is 16.5 Å². The molecule has 0 amide bonds. The molecule has 1 atom stereocenters. The molecule has 0 spiro atoms. The first kappa shape index (κ1) is 14.8. The van der Waals surface area contributed by atoms with Crippen molar-refractivity contribution in [2.45, 2.75) is 11.0 Å². The minimum absolute atomic E-state index is 0.616. The largest absolute Gasteiger partial charge is 0.497 e. The summed E-state index contributed by atoms with van der Waals surface area (Å²) in [7, 11) is 3.19. The van der Waals surface area contributed by atoms with Gasteiger partial charge in [-0.1, -0.05) is 12.1 Å². The van der Waals surface area contributed by atoms with Gasteiger partial charge in [-0.2, -0.15) is 0 Å². The predicted octanol–water partition coefficient (Wildman–Crippen LogP) is 3.51. The Labute approximate surface area is 123 Å². The molecular weight excluding hydrogens is 272 g/mol. The SMILES string of the molecule is COc1ccc(C(O)c2ccc(SC)cc2)c(OC)c1. The van der Waals surface area contributed by atoms with E-state index in [1.54, 1.807) is 32.0 Å². The van der Waals surface area contributed by atoms with Crippen LogP contribution in [0.5, 0.6) is 11.5 Å². The lowest BCUT2D eigenvalue weighted by Crippen LogP contribution is -2.02. The van der Waals surface area contributed by atoms with Crippen LogP contribution >= 0.6 is 11.8 Å². The average molecular weight is 290 g/mol. The first-order valence-corrected chi connectivity index (χ1v) is 7.46.